The summed E-state index contributed by atoms with van der Waals surface area (Å²) in [5, 5.41) is 3.21. The maximum atomic E-state index is 13.6. The molecule has 2 aromatic rings. The lowest BCUT2D eigenvalue weighted by molar-refractivity contribution is 0.521. The van der Waals surface area contributed by atoms with Crippen molar-refractivity contribution in [3.63, 3.8) is 0 Å². The van der Waals surface area contributed by atoms with Crippen LogP contribution in [0.5, 0.6) is 0 Å². The first-order valence-electron chi connectivity index (χ1n) is 5.33. The van der Waals surface area contributed by atoms with Crippen LogP contribution in [0.3, 0.4) is 0 Å². The molecule has 17 heavy (non-hydrogen) atoms. The minimum Gasteiger partial charge on any atom is -0.348 e. The van der Waals surface area contributed by atoms with E-state index in [1.807, 2.05) is 6.92 Å². The summed E-state index contributed by atoms with van der Waals surface area (Å²) in [6.45, 7) is 2.51. The summed E-state index contributed by atoms with van der Waals surface area (Å²) in [6, 6.07) is 4.87. The normalized spacial score (nSPS) is 12.6. The lowest BCUT2D eigenvalue weighted by Gasteiger charge is -2.14. The van der Waals surface area contributed by atoms with Crippen LogP contribution in [0.15, 0.2) is 35.1 Å². The molecule has 1 unspecified atom stereocenters. The molecule has 0 amide bonds. The van der Waals surface area contributed by atoms with Crippen molar-refractivity contribution in [2.45, 2.75) is 19.5 Å². The first-order valence-corrected chi connectivity index (χ1v) is 6.12. The Morgan fingerprint density at radius 2 is 2.35 bits per heavy atom. The molecule has 0 bridgehead atoms. The number of aromatic nitrogens is 2. The Hall–Kier alpha value is -1.20. The lowest BCUT2D eigenvalue weighted by Crippen LogP contribution is -2.19. The Morgan fingerprint density at radius 3 is 3.06 bits per heavy atom. The highest BCUT2D eigenvalue weighted by Gasteiger charge is 2.11. The number of hydrogen-bond donors (Lipinski definition) is 2. The fourth-order valence-electron chi connectivity index (χ4n) is 1.60. The van der Waals surface area contributed by atoms with Gasteiger partial charge in [-0.25, -0.2) is 9.37 Å². The highest BCUT2D eigenvalue weighted by atomic mass is 79.9. The standard InChI is InChI=1S/C12H13BrFN3/c1-8(17-7-12-15-4-5-16-12)10-6-9(13)2-3-11(10)14/h2-6,8,17H,7H2,1H3,(H,15,16). The van der Waals surface area contributed by atoms with Crippen LogP contribution in [-0.2, 0) is 6.54 Å². The van der Waals surface area contributed by atoms with Gasteiger partial charge in [-0.05, 0) is 25.1 Å². The van der Waals surface area contributed by atoms with Gasteiger partial charge in [-0.1, -0.05) is 15.9 Å². The topological polar surface area (TPSA) is 40.7 Å². The van der Waals surface area contributed by atoms with Gasteiger partial charge in [0.05, 0.1) is 6.54 Å². The number of benzene rings is 1. The van der Waals surface area contributed by atoms with Crippen LogP contribution in [-0.4, -0.2) is 9.97 Å². The molecule has 2 N–H and O–H groups in total. The Bertz CT molecular complexity index is 485. The van der Waals surface area contributed by atoms with E-state index < -0.39 is 0 Å². The van der Waals surface area contributed by atoms with Crippen LogP contribution in [0.1, 0.15) is 24.4 Å². The average molecular weight is 298 g/mol. The van der Waals surface area contributed by atoms with Crippen molar-refractivity contribution < 1.29 is 4.39 Å². The minimum absolute atomic E-state index is 0.0717. The molecule has 5 heteroatoms. The van der Waals surface area contributed by atoms with Crippen molar-refractivity contribution in [1.29, 1.82) is 0 Å². The second kappa shape index (κ2) is 5.42. The molecule has 0 spiro atoms. The molecule has 1 heterocycles. The van der Waals surface area contributed by atoms with E-state index >= 15 is 0 Å². The molecule has 0 fully saturated rings. The molecule has 0 aliphatic rings. The molecule has 0 aliphatic heterocycles. The van der Waals surface area contributed by atoms with Gasteiger partial charge in [-0.2, -0.15) is 0 Å². The SMILES string of the molecule is CC(NCc1ncc[nH]1)c1cc(Br)ccc1F. The third-order valence-corrected chi connectivity index (χ3v) is 3.05. The minimum atomic E-state index is -0.201. The summed E-state index contributed by atoms with van der Waals surface area (Å²) in [5.74, 6) is 0.639. The summed E-state index contributed by atoms with van der Waals surface area (Å²) in [5.41, 5.74) is 0.644. The molecule has 0 aliphatic carbocycles. The maximum absolute atomic E-state index is 13.6. The van der Waals surface area contributed by atoms with Crippen LogP contribution in [0.4, 0.5) is 4.39 Å². The largest absolute Gasteiger partial charge is 0.348 e. The van der Waals surface area contributed by atoms with E-state index in [1.54, 1.807) is 24.5 Å². The first kappa shape index (κ1) is 12.3. The quantitative estimate of drug-likeness (QED) is 0.910. The zero-order valence-electron chi connectivity index (χ0n) is 9.37. The van der Waals surface area contributed by atoms with Gasteiger partial charge in [0.15, 0.2) is 0 Å². The van der Waals surface area contributed by atoms with Crippen LogP contribution in [0.25, 0.3) is 0 Å². The zero-order chi connectivity index (χ0) is 12.3. The van der Waals surface area contributed by atoms with E-state index in [9.17, 15) is 4.39 Å². The van der Waals surface area contributed by atoms with Crippen LogP contribution in [0, 0.1) is 5.82 Å². The number of rotatable bonds is 4. The van der Waals surface area contributed by atoms with Crippen LogP contribution >= 0.6 is 15.9 Å². The predicted octanol–water partition coefficient (Wildman–Crippen LogP) is 3.16. The molecule has 2 rings (SSSR count). The van der Waals surface area contributed by atoms with Crippen molar-refractivity contribution in [1.82, 2.24) is 15.3 Å². The van der Waals surface area contributed by atoms with E-state index in [0.717, 1.165) is 10.3 Å². The summed E-state index contributed by atoms with van der Waals surface area (Å²) < 4.78 is 14.5. The number of imidazole rings is 1. The van der Waals surface area contributed by atoms with E-state index in [1.165, 1.54) is 6.07 Å². The van der Waals surface area contributed by atoms with E-state index in [0.29, 0.717) is 12.1 Å². The Labute approximate surface area is 108 Å². The summed E-state index contributed by atoms with van der Waals surface area (Å²) in [4.78, 5) is 7.09. The number of hydrogen-bond acceptors (Lipinski definition) is 2. The molecular weight excluding hydrogens is 285 g/mol. The van der Waals surface area contributed by atoms with Gasteiger partial charge >= 0.3 is 0 Å². The van der Waals surface area contributed by atoms with Gasteiger partial charge in [0.25, 0.3) is 0 Å². The third-order valence-electron chi connectivity index (χ3n) is 2.56. The molecule has 0 radical (unpaired) electrons. The van der Waals surface area contributed by atoms with Gasteiger partial charge in [0, 0.05) is 28.5 Å². The van der Waals surface area contributed by atoms with Crippen LogP contribution < -0.4 is 5.32 Å². The zero-order valence-corrected chi connectivity index (χ0v) is 11.0. The van der Waals surface area contributed by atoms with Gasteiger partial charge in [-0.15, -0.1) is 0 Å². The van der Waals surface area contributed by atoms with E-state index in [2.05, 4.69) is 31.2 Å². The number of aromatic amines is 1. The number of H-pyrrole nitrogens is 1. The molecule has 0 saturated heterocycles. The lowest BCUT2D eigenvalue weighted by atomic mass is 10.1. The first-order chi connectivity index (χ1) is 8.16. The Balaban J connectivity index is 2.04. The third kappa shape index (κ3) is 3.14. The van der Waals surface area contributed by atoms with E-state index in [4.69, 9.17) is 0 Å². The van der Waals surface area contributed by atoms with Crippen molar-refractivity contribution in [2.24, 2.45) is 0 Å². The number of nitrogens with zero attached hydrogens (tertiary/aromatic N) is 1. The molecule has 90 valence electrons. The molecule has 1 aromatic carbocycles. The maximum Gasteiger partial charge on any atom is 0.128 e. The van der Waals surface area contributed by atoms with Gasteiger partial charge < -0.3 is 10.3 Å². The Kier molecular flexibility index (Phi) is 3.91. The van der Waals surface area contributed by atoms with E-state index in [-0.39, 0.29) is 11.9 Å². The number of halogens is 2. The molecule has 3 nitrogen and oxygen atoms in total. The summed E-state index contributed by atoms with van der Waals surface area (Å²) in [7, 11) is 0. The molecule has 0 saturated carbocycles. The van der Waals surface area contributed by atoms with Crippen molar-refractivity contribution in [2.75, 3.05) is 0 Å². The smallest absolute Gasteiger partial charge is 0.128 e. The second-order valence-electron chi connectivity index (χ2n) is 3.80. The van der Waals surface area contributed by atoms with Crippen LogP contribution in [0.2, 0.25) is 0 Å². The van der Waals surface area contributed by atoms with Gasteiger partial charge in [-0.3, -0.25) is 0 Å². The monoisotopic (exact) mass is 297 g/mol. The summed E-state index contributed by atoms with van der Waals surface area (Å²) in [6.07, 6.45) is 3.46. The average Bonchev–Trinajstić information content (AvgIpc) is 2.82. The predicted molar refractivity (Wildman–Crippen MR) is 67.9 cm³/mol. The fraction of sp³-hybridized carbons (Fsp3) is 0.250. The molecule has 1 atom stereocenters. The van der Waals surface area contributed by atoms with Crippen molar-refractivity contribution in [3.05, 3.63) is 52.3 Å². The second-order valence-corrected chi connectivity index (χ2v) is 4.72. The fourth-order valence-corrected chi connectivity index (χ4v) is 1.98. The highest BCUT2D eigenvalue weighted by molar-refractivity contribution is 9.10. The number of nitrogens with one attached hydrogen (secondary N) is 2. The van der Waals surface area contributed by atoms with Crippen molar-refractivity contribution in [3.8, 4) is 0 Å². The van der Waals surface area contributed by atoms with Gasteiger partial charge in [0.1, 0.15) is 11.6 Å². The van der Waals surface area contributed by atoms with Crippen molar-refractivity contribution >= 4 is 15.9 Å². The highest BCUT2D eigenvalue weighted by Crippen LogP contribution is 2.21. The van der Waals surface area contributed by atoms with Gasteiger partial charge in [0.2, 0.25) is 0 Å². The Morgan fingerprint density at radius 1 is 1.53 bits per heavy atom. The molecular formula is C12H13BrFN3. The molecule has 1 aromatic heterocycles. The summed E-state index contributed by atoms with van der Waals surface area (Å²) >= 11 is 3.34.